The predicted molar refractivity (Wildman–Crippen MR) is 68.7 cm³/mol. The van der Waals surface area contributed by atoms with Gasteiger partial charge in [0.25, 0.3) is 0 Å². The summed E-state index contributed by atoms with van der Waals surface area (Å²) in [4.78, 5) is 5.24. The minimum absolute atomic E-state index is 0.723. The van der Waals surface area contributed by atoms with E-state index < -0.39 is 0 Å². The molecule has 2 heterocycles. The first-order chi connectivity index (χ1) is 7.75. The summed E-state index contributed by atoms with van der Waals surface area (Å²) in [7, 11) is 0. The second kappa shape index (κ2) is 5.99. The van der Waals surface area contributed by atoms with Crippen LogP contribution in [0.15, 0.2) is 0 Å². The maximum Gasteiger partial charge on any atom is 0.0113 e. The smallest absolute Gasteiger partial charge is 0.0113 e. The Bertz CT molecular complexity index is 191. The third-order valence-electron chi connectivity index (χ3n) is 4.15. The highest BCUT2D eigenvalue weighted by Gasteiger charge is 2.20. The van der Waals surface area contributed by atoms with Crippen LogP contribution in [0.1, 0.15) is 26.7 Å². The molecular weight excluding hydrogens is 198 g/mol. The molecule has 1 unspecified atom stereocenters. The molecule has 0 aliphatic carbocycles. The van der Waals surface area contributed by atoms with Gasteiger partial charge in [-0.3, -0.25) is 4.90 Å². The Kier molecular flexibility index (Phi) is 4.62. The zero-order chi connectivity index (χ0) is 11.4. The SMILES string of the molecule is CC(C)N1CCN(CCC2CCNC2)CC1. The van der Waals surface area contributed by atoms with Crippen LogP contribution in [-0.4, -0.2) is 61.7 Å². The fourth-order valence-electron chi connectivity index (χ4n) is 2.83. The van der Waals surface area contributed by atoms with Gasteiger partial charge in [0.1, 0.15) is 0 Å². The van der Waals surface area contributed by atoms with Crippen molar-refractivity contribution in [3.05, 3.63) is 0 Å². The number of piperazine rings is 1. The zero-order valence-corrected chi connectivity index (χ0v) is 10.9. The zero-order valence-electron chi connectivity index (χ0n) is 10.9. The Morgan fingerprint density at radius 1 is 1.19 bits per heavy atom. The Morgan fingerprint density at radius 2 is 1.94 bits per heavy atom. The van der Waals surface area contributed by atoms with Gasteiger partial charge < -0.3 is 10.2 Å². The van der Waals surface area contributed by atoms with Gasteiger partial charge in [-0.15, -0.1) is 0 Å². The lowest BCUT2D eigenvalue weighted by molar-refractivity contribution is 0.105. The second-order valence-electron chi connectivity index (χ2n) is 5.62. The third-order valence-corrected chi connectivity index (χ3v) is 4.15. The first-order valence-electron chi connectivity index (χ1n) is 6.93. The number of rotatable bonds is 4. The van der Waals surface area contributed by atoms with Crippen LogP contribution in [-0.2, 0) is 0 Å². The van der Waals surface area contributed by atoms with Crippen molar-refractivity contribution in [2.75, 3.05) is 45.8 Å². The topological polar surface area (TPSA) is 18.5 Å². The van der Waals surface area contributed by atoms with E-state index in [4.69, 9.17) is 0 Å². The molecule has 0 aromatic heterocycles. The molecule has 1 atom stereocenters. The fraction of sp³-hybridized carbons (Fsp3) is 1.00. The number of hydrogen-bond acceptors (Lipinski definition) is 3. The molecule has 2 fully saturated rings. The molecule has 0 aromatic carbocycles. The number of hydrogen-bond donors (Lipinski definition) is 1. The van der Waals surface area contributed by atoms with Crippen molar-refractivity contribution in [3.8, 4) is 0 Å². The number of nitrogens with zero attached hydrogens (tertiary/aromatic N) is 2. The highest BCUT2D eigenvalue weighted by atomic mass is 15.3. The van der Waals surface area contributed by atoms with Crippen LogP contribution in [0.2, 0.25) is 0 Å². The van der Waals surface area contributed by atoms with E-state index in [9.17, 15) is 0 Å². The van der Waals surface area contributed by atoms with Crippen LogP contribution in [0, 0.1) is 5.92 Å². The van der Waals surface area contributed by atoms with Crippen molar-refractivity contribution in [1.29, 1.82) is 0 Å². The molecule has 94 valence electrons. The molecule has 2 rings (SSSR count). The molecule has 0 bridgehead atoms. The summed E-state index contributed by atoms with van der Waals surface area (Å²) >= 11 is 0. The molecule has 0 spiro atoms. The number of nitrogens with one attached hydrogen (secondary N) is 1. The summed E-state index contributed by atoms with van der Waals surface area (Å²) in [5, 5.41) is 3.46. The quantitative estimate of drug-likeness (QED) is 0.770. The van der Waals surface area contributed by atoms with Gasteiger partial charge in [-0.05, 0) is 52.2 Å². The largest absolute Gasteiger partial charge is 0.316 e. The van der Waals surface area contributed by atoms with Gasteiger partial charge in [-0.1, -0.05) is 0 Å². The molecule has 16 heavy (non-hydrogen) atoms. The molecule has 2 aliphatic rings. The predicted octanol–water partition coefficient (Wildman–Crippen LogP) is 1.01. The summed E-state index contributed by atoms with van der Waals surface area (Å²) in [5.41, 5.74) is 0. The van der Waals surface area contributed by atoms with Crippen molar-refractivity contribution in [2.45, 2.75) is 32.7 Å². The second-order valence-corrected chi connectivity index (χ2v) is 5.62. The summed E-state index contributed by atoms with van der Waals surface area (Å²) in [6.45, 7) is 13.5. The van der Waals surface area contributed by atoms with E-state index in [0.717, 1.165) is 12.0 Å². The van der Waals surface area contributed by atoms with Crippen molar-refractivity contribution in [3.63, 3.8) is 0 Å². The first-order valence-corrected chi connectivity index (χ1v) is 6.93. The van der Waals surface area contributed by atoms with Crippen LogP contribution in [0.4, 0.5) is 0 Å². The van der Waals surface area contributed by atoms with E-state index in [1.807, 2.05) is 0 Å². The summed E-state index contributed by atoms with van der Waals surface area (Å²) in [5.74, 6) is 0.947. The van der Waals surface area contributed by atoms with Gasteiger partial charge >= 0.3 is 0 Å². The van der Waals surface area contributed by atoms with E-state index in [1.54, 1.807) is 0 Å². The Balaban J connectivity index is 1.61. The lowest BCUT2D eigenvalue weighted by atomic mass is 10.0. The average Bonchev–Trinajstić information content (AvgIpc) is 2.80. The van der Waals surface area contributed by atoms with E-state index in [0.29, 0.717) is 0 Å². The normalized spacial score (nSPS) is 29.1. The van der Waals surface area contributed by atoms with Crippen molar-refractivity contribution < 1.29 is 0 Å². The maximum atomic E-state index is 3.46. The minimum Gasteiger partial charge on any atom is -0.316 e. The maximum absolute atomic E-state index is 3.46. The van der Waals surface area contributed by atoms with Gasteiger partial charge in [0, 0.05) is 32.2 Å². The van der Waals surface area contributed by atoms with Gasteiger partial charge in [-0.25, -0.2) is 0 Å². The van der Waals surface area contributed by atoms with Crippen LogP contribution < -0.4 is 5.32 Å². The van der Waals surface area contributed by atoms with Gasteiger partial charge in [0.2, 0.25) is 0 Å². The molecule has 3 heteroatoms. The minimum atomic E-state index is 0.723. The van der Waals surface area contributed by atoms with Gasteiger partial charge in [0.05, 0.1) is 0 Å². The van der Waals surface area contributed by atoms with Gasteiger partial charge in [-0.2, -0.15) is 0 Å². The first kappa shape index (κ1) is 12.3. The lowest BCUT2D eigenvalue weighted by Gasteiger charge is -2.37. The van der Waals surface area contributed by atoms with Crippen LogP contribution >= 0.6 is 0 Å². The van der Waals surface area contributed by atoms with E-state index >= 15 is 0 Å². The summed E-state index contributed by atoms with van der Waals surface area (Å²) < 4.78 is 0. The summed E-state index contributed by atoms with van der Waals surface area (Å²) in [6.07, 6.45) is 2.79. The van der Waals surface area contributed by atoms with Crippen molar-refractivity contribution >= 4 is 0 Å². The Hall–Kier alpha value is -0.120. The van der Waals surface area contributed by atoms with E-state index in [-0.39, 0.29) is 0 Å². The third kappa shape index (κ3) is 3.44. The van der Waals surface area contributed by atoms with Crippen molar-refractivity contribution in [2.24, 2.45) is 5.92 Å². The highest BCUT2D eigenvalue weighted by Crippen LogP contribution is 2.14. The van der Waals surface area contributed by atoms with Gasteiger partial charge in [0.15, 0.2) is 0 Å². The summed E-state index contributed by atoms with van der Waals surface area (Å²) in [6, 6.07) is 0.723. The average molecular weight is 225 g/mol. The molecule has 0 saturated carbocycles. The molecule has 2 aliphatic heterocycles. The van der Waals surface area contributed by atoms with Crippen LogP contribution in [0.3, 0.4) is 0 Å². The van der Waals surface area contributed by atoms with Crippen LogP contribution in [0.5, 0.6) is 0 Å². The van der Waals surface area contributed by atoms with E-state index in [1.165, 1.54) is 58.7 Å². The molecule has 1 N–H and O–H groups in total. The molecule has 0 radical (unpaired) electrons. The Morgan fingerprint density at radius 3 is 2.50 bits per heavy atom. The molecule has 3 nitrogen and oxygen atoms in total. The standard InChI is InChI=1S/C13H27N3/c1-12(2)16-9-7-15(8-10-16)6-4-13-3-5-14-11-13/h12-14H,3-11H2,1-2H3. The highest BCUT2D eigenvalue weighted by molar-refractivity contribution is 4.77. The molecule has 0 amide bonds. The Labute approximate surface area is 100 Å². The van der Waals surface area contributed by atoms with E-state index in [2.05, 4.69) is 29.0 Å². The van der Waals surface area contributed by atoms with Crippen molar-refractivity contribution in [1.82, 2.24) is 15.1 Å². The lowest BCUT2D eigenvalue weighted by Crippen LogP contribution is -2.49. The van der Waals surface area contributed by atoms with Crippen LogP contribution in [0.25, 0.3) is 0 Å². The molecule has 2 saturated heterocycles. The molecule has 0 aromatic rings. The fourth-order valence-corrected chi connectivity index (χ4v) is 2.83. The monoisotopic (exact) mass is 225 g/mol. The molecular formula is C13H27N3.